The summed E-state index contributed by atoms with van der Waals surface area (Å²) in [5, 5.41) is 11.9. The van der Waals surface area contributed by atoms with Crippen molar-refractivity contribution in [3.63, 3.8) is 0 Å². The number of carbonyl (C=O) groups is 2. The molecule has 1 aromatic carbocycles. The summed E-state index contributed by atoms with van der Waals surface area (Å²) in [6, 6.07) is 8.70. The summed E-state index contributed by atoms with van der Waals surface area (Å²) in [6.07, 6.45) is 0.679. The Morgan fingerprint density at radius 3 is 2.70 bits per heavy atom. The molecular formula is C14H18N2O4. The summed E-state index contributed by atoms with van der Waals surface area (Å²) in [4.78, 5) is 23.1. The number of ether oxygens (including phenoxy) is 1. The highest BCUT2D eigenvalue weighted by molar-refractivity contribution is 5.75. The molecule has 6 heteroatoms. The van der Waals surface area contributed by atoms with E-state index in [9.17, 15) is 9.59 Å². The first-order valence-corrected chi connectivity index (χ1v) is 6.53. The van der Waals surface area contributed by atoms with Gasteiger partial charge in [0.25, 0.3) is 0 Å². The standard InChI is InChI=1S/C14H18N2O4/c1-15-12(13(17)18)8-5-9-16(15)14(19)20-10-11-6-3-2-4-7-11/h2-4,6-7,12H,5,8-10H2,1H3,(H,17,18)/t12-/m0/s1. The number of carboxylic acid groups (broad SMARTS) is 1. The van der Waals surface area contributed by atoms with Crippen LogP contribution >= 0.6 is 0 Å². The molecule has 1 fully saturated rings. The van der Waals surface area contributed by atoms with Gasteiger partial charge in [-0.2, -0.15) is 0 Å². The second-order valence-corrected chi connectivity index (χ2v) is 4.73. The Hall–Kier alpha value is -2.08. The van der Waals surface area contributed by atoms with E-state index in [0.717, 1.165) is 5.56 Å². The predicted molar refractivity (Wildman–Crippen MR) is 71.8 cm³/mol. The van der Waals surface area contributed by atoms with Crippen molar-refractivity contribution >= 4 is 12.1 Å². The van der Waals surface area contributed by atoms with Crippen molar-refractivity contribution in [2.24, 2.45) is 0 Å². The summed E-state index contributed by atoms with van der Waals surface area (Å²) >= 11 is 0. The lowest BCUT2D eigenvalue weighted by Gasteiger charge is -2.38. The maximum Gasteiger partial charge on any atom is 0.424 e. The maximum absolute atomic E-state index is 12.0. The van der Waals surface area contributed by atoms with Gasteiger partial charge in [-0.1, -0.05) is 30.3 Å². The number of rotatable bonds is 3. The second kappa shape index (κ2) is 6.38. The highest BCUT2D eigenvalue weighted by atomic mass is 16.6. The van der Waals surface area contributed by atoms with E-state index < -0.39 is 18.1 Å². The fourth-order valence-electron chi connectivity index (χ4n) is 2.24. The van der Waals surface area contributed by atoms with Crippen LogP contribution in [0.1, 0.15) is 18.4 Å². The molecule has 1 amide bonds. The van der Waals surface area contributed by atoms with Crippen LogP contribution in [0.2, 0.25) is 0 Å². The number of hydrogen-bond donors (Lipinski definition) is 1. The molecule has 1 N–H and O–H groups in total. The topological polar surface area (TPSA) is 70.1 Å². The molecule has 0 aromatic heterocycles. The number of likely N-dealkylation sites (N-methyl/N-ethyl adjacent to an activating group) is 1. The Bertz CT molecular complexity index is 477. The Labute approximate surface area is 117 Å². The lowest BCUT2D eigenvalue weighted by molar-refractivity contribution is -0.153. The Morgan fingerprint density at radius 2 is 2.05 bits per heavy atom. The summed E-state index contributed by atoms with van der Waals surface area (Å²) in [5.41, 5.74) is 0.898. The number of aliphatic carboxylic acids is 1. The molecule has 1 aliphatic heterocycles. The van der Waals surface area contributed by atoms with Gasteiger partial charge in [0.2, 0.25) is 0 Å². The monoisotopic (exact) mass is 278 g/mol. The second-order valence-electron chi connectivity index (χ2n) is 4.73. The van der Waals surface area contributed by atoms with Crippen molar-refractivity contribution in [3.8, 4) is 0 Å². The molecule has 1 aliphatic rings. The lowest BCUT2D eigenvalue weighted by Crippen LogP contribution is -2.55. The average Bonchev–Trinajstić information content (AvgIpc) is 2.46. The number of carbonyl (C=O) groups excluding carboxylic acids is 1. The van der Waals surface area contributed by atoms with Gasteiger partial charge in [-0.15, -0.1) is 0 Å². The van der Waals surface area contributed by atoms with Crippen LogP contribution in [0.4, 0.5) is 4.79 Å². The van der Waals surface area contributed by atoms with Gasteiger partial charge in [-0.05, 0) is 18.4 Å². The zero-order valence-corrected chi connectivity index (χ0v) is 11.4. The number of carboxylic acids is 1. The van der Waals surface area contributed by atoms with E-state index >= 15 is 0 Å². The molecule has 1 atom stereocenters. The van der Waals surface area contributed by atoms with Crippen molar-refractivity contribution in [3.05, 3.63) is 35.9 Å². The Kier molecular flexibility index (Phi) is 4.57. The van der Waals surface area contributed by atoms with E-state index in [4.69, 9.17) is 9.84 Å². The van der Waals surface area contributed by atoms with Gasteiger partial charge in [-0.25, -0.2) is 14.8 Å². The first-order valence-electron chi connectivity index (χ1n) is 6.53. The average molecular weight is 278 g/mol. The van der Waals surface area contributed by atoms with Crippen LogP contribution in [0.25, 0.3) is 0 Å². The van der Waals surface area contributed by atoms with Gasteiger partial charge >= 0.3 is 12.1 Å². The van der Waals surface area contributed by atoms with Gasteiger partial charge in [0.15, 0.2) is 0 Å². The van der Waals surface area contributed by atoms with Gasteiger partial charge in [-0.3, -0.25) is 4.79 Å². The summed E-state index contributed by atoms with van der Waals surface area (Å²) in [7, 11) is 1.60. The molecule has 108 valence electrons. The van der Waals surface area contributed by atoms with Crippen molar-refractivity contribution < 1.29 is 19.4 Å². The van der Waals surface area contributed by atoms with Gasteiger partial charge < -0.3 is 9.84 Å². The molecule has 0 spiro atoms. The first kappa shape index (κ1) is 14.3. The van der Waals surface area contributed by atoms with Gasteiger partial charge in [0, 0.05) is 13.6 Å². The number of hydrogen-bond acceptors (Lipinski definition) is 4. The smallest absolute Gasteiger partial charge is 0.424 e. The molecule has 0 unspecified atom stereocenters. The zero-order valence-electron chi connectivity index (χ0n) is 11.4. The van der Waals surface area contributed by atoms with Crippen LogP contribution < -0.4 is 0 Å². The van der Waals surface area contributed by atoms with E-state index in [1.807, 2.05) is 30.3 Å². The number of benzene rings is 1. The summed E-state index contributed by atoms with van der Waals surface area (Å²) in [5.74, 6) is -0.923. The van der Waals surface area contributed by atoms with E-state index in [-0.39, 0.29) is 6.61 Å². The molecule has 2 rings (SSSR count). The van der Waals surface area contributed by atoms with Crippen LogP contribution in [0.3, 0.4) is 0 Å². The Balaban J connectivity index is 1.93. The SMILES string of the molecule is CN1[C@H](C(=O)O)CCCN1C(=O)OCc1ccccc1. The minimum Gasteiger partial charge on any atom is -0.480 e. The van der Waals surface area contributed by atoms with Crippen LogP contribution in [0, 0.1) is 0 Å². The van der Waals surface area contributed by atoms with Crippen molar-refractivity contribution in [2.75, 3.05) is 13.6 Å². The minimum absolute atomic E-state index is 0.182. The molecule has 0 saturated carbocycles. The molecule has 0 bridgehead atoms. The molecule has 1 saturated heterocycles. The normalized spacial score (nSPS) is 19.6. The van der Waals surface area contributed by atoms with Crippen molar-refractivity contribution in [1.82, 2.24) is 10.0 Å². The quantitative estimate of drug-likeness (QED) is 0.911. The van der Waals surface area contributed by atoms with Crippen LogP contribution in [0.5, 0.6) is 0 Å². The minimum atomic E-state index is -0.923. The molecule has 1 aromatic rings. The predicted octanol–water partition coefficient (Wildman–Crippen LogP) is 1.72. The fourth-order valence-corrected chi connectivity index (χ4v) is 2.24. The third-order valence-electron chi connectivity index (χ3n) is 3.38. The van der Waals surface area contributed by atoms with E-state index in [1.54, 1.807) is 7.05 Å². The Morgan fingerprint density at radius 1 is 1.35 bits per heavy atom. The van der Waals surface area contributed by atoms with E-state index in [1.165, 1.54) is 10.0 Å². The van der Waals surface area contributed by atoms with Crippen molar-refractivity contribution in [1.29, 1.82) is 0 Å². The molecule has 20 heavy (non-hydrogen) atoms. The zero-order chi connectivity index (χ0) is 14.5. The highest BCUT2D eigenvalue weighted by Gasteiger charge is 2.34. The maximum atomic E-state index is 12.0. The number of amides is 1. The van der Waals surface area contributed by atoms with Crippen LogP contribution in [-0.2, 0) is 16.1 Å². The van der Waals surface area contributed by atoms with Gasteiger partial charge in [0.05, 0.1) is 0 Å². The van der Waals surface area contributed by atoms with Gasteiger partial charge in [0.1, 0.15) is 12.6 Å². The molecule has 0 aliphatic carbocycles. The third kappa shape index (κ3) is 3.27. The third-order valence-corrected chi connectivity index (χ3v) is 3.38. The van der Waals surface area contributed by atoms with E-state index in [0.29, 0.717) is 19.4 Å². The molecule has 6 nitrogen and oxygen atoms in total. The van der Waals surface area contributed by atoms with E-state index in [2.05, 4.69) is 0 Å². The van der Waals surface area contributed by atoms with Crippen LogP contribution in [0.15, 0.2) is 30.3 Å². The fraction of sp³-hybridized carbons (Fsp3) is 0.429. The summed E-state index contributed by atoms with van der Waals surface area (Å²) < 4.78 is 5.22. The first-order chi connectivity index (χ1) is 9.59. The number of hydrazine groups is 1. The molecule has 0 radical (unpaired) electrons. The largest absolute Gasteiger partial charge is 0.480 e. The molecular weight excluding hydrogens is 260 g/mol. The molecule has 1 heterocycles. The van der Waals surface area contributed by atoms with Crippen LogP contribution in [-0.4, -0.2) is 46.8 Å². The van der Waals surface area contributed by atoms with Crippen molar-refractivity contribution in [2.45, 2.75) is 25.5 Å². The summed E-state index contributed by atoms with van der Waals surface area (Å²) in [6.45, 7) is 0.662. The highest BCUT2D eigenvalue weighted by Crippen LogP contribution is 2.18. The number of nitrogens with zero attached hydrogens (tertiary/aromatic N) is 2. The lowest BCUT2D eigenvalue weighted by atomic mass is 10.1.